The lowest BCUT2D eigenvalue weighted by Crippen LogP contribution is -2.17. The molecule has 0 amide bonds. The number of ketones is 1. The van der Waals surface area contributed by atoms with E-state index in [9.17, 15) is 14.4 Å². The van der Waals surface area contributed by atoms with E-state index in [1.54, 1.807) is 19.1 Å². The molecule has 5 heteroatoms. The molecule has 1 aromatic rings. The number of rotatable bonds is 7. The Bertz CT molecular complexity index is 476. The van der Waals surface area contributed by atoms with Gasteiger partial charge in [0.1, 0.15) is 0 Å². The van der Waals surface area contributed by atoms with Gasteiger partial charge in [0.2, 0.25) is 0 Å². The van der Waals surface area contributed by atoms with Crippen LogP contribution >= 0.6 is 0 Å². The van der Waals surface area contributed by atoms with Crippen molar-refractivity contribution < 1.29 is 23.9 Å². The zero-order chi connectivity index (χ0) is 15.0. The molecule has 0 aliphatic rings. The molecule has 0 spiro atoms. The van der Waals surface area contributed by atoms with Gasteiger partial charge in [0, 0.05) is 12.0 Å². The van der Waals surface area contributed by atoms with Crippen LogP contribution in [0.5, 0.6) is 0 Å². The average molecular weight is 278 g/mol. The Hall–Kier alpha value is -2.17. The summed E-state index contributed by atoms with van der Waals surface area (Å²) in [4.78, 5) is 34.1. The second kappa shape index (κ2) is 8.09. The first-order valence-electron chi connectivity index (χ1n) is 6.44. The van der Waals surface area contributed by atoms with E-state index < -0.39 is 18.5 Å². The Morgan fingerprint density at radius 2 is 1.60 bits per heavy atom. The van der Waals surface area contributed by atoms with Gasteiger partial charge in [0.15, 0.2) is 12.4 Å². The number of benzene rings is 1. The first-order valence-corrected chi connectivity index (χ1v) is 6.44. The molecule has 5 nitrogen and oxygen atoms in total. The van der Waals surface area contributed by atoms with Crippen LogP contribution in [-0.4, -0.2) is 30.9 Å². The Kier molecular flexibility index (Phi) is 6.43. The number of esters is 2. The van der Waals surface area contributed by atoms with Gasteiger partial charge in [-0.15, -0.1) is 0 Å². The number of aryl methyl sites for hydroxylation is 1. The first kappa shape index (κ1) is 15.9. The fourth-order valence-corrected chi connectivity index (χ4v) is 1.51. The number of hydrogen-bond acceptors (Lipinski definition) is 5. The largest absolute Gasteiger partial charge is 0.463 e. The molecule has 0 bridgehead atoms. The monoisotopic (exact) mass is 278 g/mol. The zero-order valence-electron chi connectivity index (χ0n) is 11.7. The molecule has 0 unspecified atom stereocenters. The Morgan fingerprint density at radius 1 is 0.950 bits per heavy atom. The van der Waals surface area contributed by atoms with Crippen LogP contribution in [0.4, 0.5) is 0 Å². The number of carbonyl (C=O) groups excluding carboxylic acids is 3. The summed E-state index contributed by atoms with van der Waals surface area (Å²) < 4.78 is 9.31. The highest BCUT2D eigenvalue weighted by molar-refractivity contribution is 5.97. The fourth-order valence-electron chi connectivity index (χ4n) is 1.51. The molecule has 20 heavy (non-hydrogen) atoms. The molecule has 0 saturated heterocycles. The molecule has 1 rings (SSSR count). The third-order valence-corrected chi connectivity index (χ3v) is 2.59. The molecule has 0 aliphatic heterocycles. The highest BCUT2D eigenvalue weighted by atomic mass is 16.6. The molecule has 0 aliphatic carbocycles. The van der Waals surface area contributed by atoms with Gasteiger partial charge >= 0.3 is 11.9 Å². The highest BCUT2D eigenvalue weighted by Crippen LogP contribution is 2.08. The summed E-state index contributed by atoms with van der Waals surface area (Å²) in [5, 5.41) is 0. The van der Waals surface area contributed by atoms with Crippen LogP contribution in [0.3, 0.4) is 0 Å². The molecule has 0 saturated carbocycles. The van der Waals surface area contributed by atoms with Crippen molar-refractivity contribution in [1.29, 1.82) is 0 Å². The van der Waals surface area contributed by atoms with Gasteiger partial charge in [-0.2, -0.15) is 0 Å². The van der Waals surface area contributed by atoms with Crippen LogP contribution < -0.4 is 0 Å². The molecule has 0 fully saturated rings. The van der Waals surface area contributed by atoms with Crippen LogP contribution in [0.2, 0.25) is 0 Å². The van der Waals surface area contributed by atoms with Gasteiger partial charge in [0.05, 0.1) is 13.0 Å². The molecule has 0 radical (unpaired) electrons. The number of hydrogen-bond donors (Lipinski definition) is 0. The van der Waals surface area contributed by atoms with Gasteiger partial charge in [-0.1, -0.05) is 29.8 Å². The lowest BCUT2D eigenvalue weighted by Gasteiger charge is -2.04. The Balaban J connectivity index is 2.32. The van der Waals surface area contributed by atoms with Gasteiger partial charge in [-0.25, -0.2) is 4.79 Å². The van der Waals surface area contributed by atoms with Gasteiger partial charge in [0.25, 0.3) is 0 Å². The predicted molar refractivity (Wildman–Crippen MR) is 72.3 cm³/mol. The van der Waals surface area contributed by atoms with E-state index in [0.29, 0.717) is 5.56 Å². The smallest absolute Gasteiger partial charge is 0.344 e. The van der Waals surface area contributed by atoms with Crippen LogP contribution in [0.1, 0.15) is 35.7 Å². The SMILES string of the molecule is CCOC(=O)COC(=O)CCC(=O)c1ccc(C)cc1. The van der Waals surface area contributed by atoms with Crippen molar-refractivity contribution in [3.63, 3.8) is 0 Å². The van der Waals surface area contributed by atoms with E-state index in [-0.39, 0.29) is 25.2 Å². The zero-order valence-corrected chi connectivity index (χ0v) is 11.7. The molecule has 0 heterocycles. The minimum absolute atomic E-state index is 0.0495. The quantitative estimate of drug-likeness (QED) is 0.564. The van der Waals surface area contributed by atoms with E-state index in [2.05, 4.69) is 4.74 Å². The summed E-state index contributed by atoms with van der Waals surface area (Å²) in [7, 11) is 0. The molecule has 0 N–H and O–H groups in total. The summed E-state index contributed by atoms with van der Waals surface area (Å²) in [6.45, 7) is 3.43. The summed E-state index contributed by atoms with van der Waals surface area (Å²) in [6.07, 6.45) is 0.0107. The first-order chi connectivity index (χ1) is 9.52. The van der Waals surface area contributed by atoms with Crippen LogP contribution in [-0.2, 0) is 19.1 Å². The van der Waals surface area contributed by atoms with E-state index in [0.717, 1.165) is 5.56 Å². The van der Waals surface area contributed by atoms with Crippen LogP contribution in [0.25, 0.3) is 0 Å². The Labute approximate surface area is 117 Å². The second-order valence-corrected chi connectivity index (χ2v) is 4.25. The van der Waals surface area contributed by atoms with Crippen molar-refractivity contribution in [2.75, 3.05) is 13.2 Å². The maximum absolute atomic E-state index is 11.8. The highest BCUT2D eigenvalue weighted by Gasteiger charge is 2.12. The second-order valence-electron chi connectivity index (χ2n) is 4.25. The van der Waals surface area contributed by atoms with Gasteiger partial charge in [-0.05, 0) is 13.8 Å². The normalized spacial score (nSPS) is 9.90. The lowest BCUT2D eigenvalue weighted by atomic mass is 10.1. The maximum atomic E-state index is 11.8. The minimum Gasteiger partial charge on any atom is -0.463 e. The minimum atomic E-state index is -0.592. The fraction of sp³-hybridized carbons (Fsp3) is 0.400. The number of Topliss-reactive ketones (excluding diaryl/α,β-unsaturated/α-hetero) is 1. The summed E-state index contributed by atoms with van der Waals surface area (Å²) >= 11 is 0. The van der Waals surface area contributed by atoms with Gasteiger partial charge < -0.3 is 9.47 Å². The standard InChI is InChI=1S/C15H18O5/c1-3-19-15(18)10-20-14(17)9-8-13(16)12-6-4-11(2)5-7-12/h4-7H,3,8-10H2,1-2H3. The third-order valence-electron chi connectivity index (χ3n) is 2.59. The number of carbonyl (C=O) groups is 3. The summed E-state index contributed by atoms with van der Waals surface area (Å²) in [5.41, 5.74) is 1.63. The third kappa shape index (κ3) is 5.65. The van der Waals surface area contributed by atoms with Crippen molar-refractivity contribution >= 4 is 17.7 Å². The molecule has 0 atom stereocenters. The van der Waals surface area contributed by atoms with Crippen molar-refractivity contribution in [2.45, 2.75) is 26.7 Å². The molecule has 0 aromatic heterocycles. The van der Waals surface area contributed by atoms with E-state index in [1.165, 1.54) is 0 Å². The van der Waals surface area contributed by atoms with E-state index in [1.807, 2.05) is 19.1 Å². The van der Waals surface area contributed by atoms with Crippen LogP contribution in [0.15, 0.2) is 24.3 Å². The summed E-state index contributed by atoms with van der Waals surface area (Å²) in [5.74, 6) is -1.30. The molecule has 108 valence electrons. The van der Waals surface area contributed by atoms with Crippen molar-refractivity contribution in [2.24, 2.45) is 0 Å². The van der Waals surface area contributed by atoms with E-state index in [4.69, 9.17) is 4.74 Å². The Morgan fingerprint density at radius 3 is 2.20 bits per heavy atom. The molecular formula is C15H18O5. The predicted octanol–water partition coefficient (Wildman–Crippen LogP) is 2.06. The summed E-state index contributed by atoms with van der Waals surface area (Å²) in [6, 6.07) is 7.13. The number of ether oxygens (including phenoxy) is 2. The lowest BCUT2D eigenvalue weighted by molar-refractivity contribution is -0.158. The maximum Gasteiger partial charge on any atom is 0.344 e. The molecular weight excluding hydrogens is 260 g/mol. The van der Waals surface area contributed by atoms with Crippen LogP contribution in [0, 0.1) is 6.92 Å². The average Bonchev–Trinajstić information content (AvgIpc) is 2.43. The van der Waals surface area contributed by atoms with E-state index >= 15 is 0 Å². The van der Waals surface area contributed by atoms with Crippen molar-refractivity contribution in [3.8, 4) is 0 Å². The topological polar surface area (TPSA) is 69.7 Å². The van der Waals surface area contributed by atoms with Crippen molar-refractivity contribution in [1.82, 2.24) is 0 Å². The molecule has 1 aromatic carbocycles. The van der Waals surface area contributed by atoms with Crippen molar-refractivity contribution in [3.05, 3.63) is 35.4 Å². The van der Waals surface area contributed by atoms with Gasteiger partial charge in [-0.3, -0.25) is 9.59 Å².